The van der Waals surface area contributed by atoms with E-state index in [0.717, 1.165) is 36.7 Å². The smallest absolute Gasteiger partial charge is 0.291 e. The zero-order valence-corrected chi connectivity index (χ0v) is 16.4. The van der Waals surface area contributed by atoms with Crippen LogP contribution < -0.4 is 5.32 Å². The fourth-order valence-corrected chi connectivity index (χ4v) is 4.55. The Labute approximate surface area is 168 Å². The Morgan fingerprint density at radius 2 is 2.03 bits per heavy atom. The lowest BCUT2D eigenvalue weighted by atomic mass is 9.94. The fraction of sp³-hybridized carbons (Fsp3) is 0.409. The van der Waals surface area contributed by atoms with Gasteiger partial charge in [-0.25, -0.2) is 4.98 Å². The number of nitrogens with one attached hydrogen (secondary N) is 1. The first-order valence-corrected chi connectivity index (χ1v) is 10.2. The molecule has 3 aromatic rings. The average molecular weight is 392 g/mol. The van der Waals surface area contributed by atoms with Crippen molar-refractivity contribution < 1.29 is 14.0 Å². The number of imidazole rings is 1. The minimum atomic E-state index is -1.04. The van der Waals surface area contributed by atoms with Gasteiger partial charge in [0, 0.05) is 6.04 Å². The number of carbonyl (C=O) groups is 2. The topological polar surface area (TPSA) is 80.4 Å². The minimum absolute atomic E-state index is 0.118. The number of hydrogen-bond acceptors (Lipinski definition) is 4. The molecule has 1 N–H and O–H groups in total. The van der Waals surface area contributed by atoms with Gasteiger partial charge in [0.05, 0.1) is 30.4 Å². The molecule has 7 heteroatoms. The van der Waals surface area contributed by atoms with E-state index < -0.39 is 5.54 Å². The van der Waals surface area contributed by atoms with Gasteiger partial charge >= 0.3 is 0 Å². The lowest BCUT2D eigenvalue weighted by molar-refractivity contribution is -0.134. The Hall–Kier alpha value is -3.09. The predicted molar refractivity (Wildman–Crippen MR) is 107 cm³/mol. The molecule has 2 aromatic heterocycles. The van der Waals surface area contributed by atoms with Crippen molar-refractivity contribution in [3.05, 3.63) is 54.2 Å². The Bertz CT molecular complexity index is 1070. The summed E-state index contributed by atoms with van der Waals surface area (Å²) in [5.74, 6) is 0.632. The van der Waals surface area contributed by atoms with Gasteiger partial charge in [-0.2, -0.15) is 0 Å². The van der Waals surface area contributed by atoms with Crippen LogP contribution in [0, 0.1) is 0 Å². The number of para-hydroxylation sites is 2. The molecule has 0 saturated heterocycles. The van der Waals surface area contributed by atoms with Crippen molar-refractivity contribution in [1.82, 2.24) is 19.8 Å². The van der Waals surface area contributed by atoms with Crippen LogP contribution in [0.1, 0.15) is 49.0 Å². The summed E-state index contributed by atoms with van der Waals surface area (Å²) < 4.78 is 7.36. The number of carbonyl (C=O) groups excluding carboxylic acids is 2. The Morgan fingerprint density at radius 1 is 1.24 bits per heavy atom. The molecule has 0 spiro atoms. The standard InChI is InChI=1S/C22H24N4O3/c1-22(21(28)23-15-7-2-3-8-15)14-25-18-11-5-4-10-17(18)24-19(25)20(27)26(22)13-16-9-6-12-29-16/h4-6,9-12,15H,2-3,7-8,13-14H2,1H3,(H,23,28)/t22-/m0/s1. The first kappa shape index (κ1) is 18.0. The summed E-state index contributed by atoms with van der Waals surface area (Å²) in [6.07, 6.45) is 5.83. The highest BCUT2D eigenvalue weighted by Crippen LogP contribution is 2.32. The van der Waals surface area contributed by atoms with E-state index in [9.17, 15) is 9.59 Å². The van der Waals surface area contributed by atoms with Gasteiger partial charge in [-0.15, -0.1) is 0 Å². The van der Waals surface area contributed by atoms with Crippen LogP contribution in [0.2, 0.25) is 0 Å². The molecule has 29 heavy (non-hydrogen) atoms. The van der Waals surface area contributed by atoms with Crippen LogP contribution in [-0.4, -0.2) is 37.8 Å². The van der Waals surface area contributed by atoms with Crippen molar-refractivity contribution in [2.45, 2.75) is 57.3 Å². The lowest BCUT2D eigenvalue weighted by Gasteiger charge is -2.43. The zero-order valence-electron chi connectivity index (χ0n) is 16.4. The van der Waals surface area contributed by atoms with Crippen molar-refractivity contribution in [2.75, 3.05) is 0 Å². The molecule has 0 unspecified atom stereocenters. The number of aromatic nitrogens is 2. The molecule has 2 aliphatic rings. The van der Waals surface area contributed by atoms with Crippen LogP contribution in [0.3, 0.4) is 0 Å². The van der Waals surface area contributed by atoms with E-state index >= 15 is 0 Å². The highest BCUT2D eigenvalue weighted by Gasteiger charge is 2.49. The third-order valence-electron chi connectivity index (χ3n) is 6.23. The van der Waals surface area contributed by atoms with Crippen molar-refractivity contribution in [1.29, 1.82) is 0 Å². The van der Waals surface area contributed by atoms with Gasteiger partial charge in [-0.05, 0) is 44.0 Å². The van der Waals surface area contributed by atoms with Crippen LogP contribution in [0.25, 0.3) is 11.0 Å². The molecule has 0 radical (unpaired) electrons. The van der Waals surface area contributed by atoms with E-state index in [1.54, 1.807) is 17.2 Å². The molecular weight excluding hydrogens is 368 g/mol. The number of rotatable bonds is 4. The highest BCUT2D eigenvalue weighted by atomic mass is 16.3. The van der Waals surface area contributed by atoms with Gasteiger partial charge in [0.25, 0.3) is 5.91 Å². The molecule has 1 aromatic carbocycles. The van der Waals surface area contributed by atoms with Gasteiger partial charge in [0.15, 0.2) is 5.82 Å². The SMILES string of the molecule is C[C@@]1(C(=O)NC2CCCC2)Cn2c(nc3ccccc32)C(=O)N1Cc1ccco1. The number of furan rings is 1. The van der Waals surface area contributed by atoms with Crippen LogP contribution in [0.4, 0.5) is 0 Å². The van der Waals surface area contributed by atoms with E-state index in [0.29, 0.717) is 18.1 Å². The summed E-state index contributed by atoms with van der Waals surface area (Å²) in [6.45, 7) is 2.42. The summed E-state index contributed by atoms with van der Waals surface area (Å²) >= 11 is 0. The number of hydrogen-bond donors (Lipinski definition) is 1. The quantitative estimate of drug-likeness (QED) is 0.740. The Kier molecular flexibility index (Phi) is 4.19. The van der Waals surface area contributed by atoms with E-state index in [1.807, 2.05) is 41.8 Å². The predicted octanol–water partition coefficient (Wildman–Crippen LogP) is 3.10. The van der Waals surface area contributed by atoms with Crippen molar-refractivity contribution in [2.24, 2.45) is 0 Å². The maximum absolute atomic E-state index is 13.5. The van der Waals surface area contributed by atoms with Crippen LogP contribution in [-0.2, 0) is 17.9 Å². The van der Waals surface area contributed by atoms with Crippen LogP contribution in [0.15, 0.2) is 47.1 Å². The normalized spacial score (nSPS) is 22.2. The number of nitrogens with zero attached hydrogens (tertiary/aromatic N) is 3. The average Bonchev–Trinajstić information content (AvgIpc) is 3.47. The molecule has 2 amide bonds. The second-order valence-electron chi connectivity index (χ2n) is 8.21. The van der Waals surface area contributed by atoms with Crippen LogP contribution >= 0.6 is 0 Å². The fourth-order valence-electron chi connectivity index (χ4n) is 4.55. The summed E-state index contributed by atoms with van der Waals surface area (Å²) in [5.41, 5.74) is 0.589. The molecular formula is C22H24N4O3. The lowest BCUT2D eigenvalue weighted by Crippen LogP contribution is -2.64. The second kappa shape index (κ2) is 6.76. The summed E-state index contributed by atoms with van der Waals surface area (Å²) in [7, 11) is 0. The van der Waals surface area contributed by atoms with Gasteiger partial charge in [0.1, 0.15) is 11.3 Å². The molecule has 1 aliphatic heterocycles. The van der Waals surface area contributed by atoms with Crippen LogP contribution in [0.5, 0.6) is 0 Å². The maximum atomic E-state index is 13.5. The van der Waals surface area contributed by atoms with E-state index in [-0.39, 0.29) is 24.4 Å². The molecule has 1 fully saturated rings. The van der Waals surface area contributed by atoms with Gasteiger partial charge in [-0.3, -0.25) is 9.59 Å². The first-order chi connectivity index (χ1) is 14.1. The maximum Gasteiger partial charge on any atom is 0.291 e. The minimum Gasteiger partial charge on any atom is -0.467 e. The van der Waals surface area contributed by atoms with Crippen molar-refractivity contribution in [3.8, 4) is 0 Å². The summed E-state index contributed by atoms with van der Waals surface area (Å²) in [6, 6.07) is 11.4. The number of amides is 2. The van der Waals surface area contributed by atoms with Gasteiger partial charge < -0.3 is 19.2 Å². The molecule has 150 valence electrons. The molecule has 3 heterocycles. The monoisotopic (exact) mass is 392 g/mol. The molecule has 1 atom stereocenters. The van der Waals surface area contributed by atoms with E-state index in [1.165, 1.54) is 0 Å². The van der Waals surface area contributed by atoms with Gasteiger partial charge in [0.2, 0.25) is 5.91 Å². The molecule has 1 aliphatic carbocycles. The molecule has 5 rings (SSSR count). The summed E-state index contributed by atoms with van der Waals surface area (Å²) in [4.78, 5) is 33.1. The molecule has 7 nitrogen and oxygen atoms in total. The molecule has 1 saturated carbocycles. The first-order valence-electron chi connectivity index (χ1n) is 10.2. The van der Waals surface area contributed by atoms with Crippen molar-refractivity contribution >= 4 is 22.8 Å². The zero-order chi connectivity index (χ0) is 20.0. The second-order valence-corrected chi connectivity index (χ2v) is 8.21. The number of fused-ring (bicyclic) bond motifs is 3. The van der Waals surface area contributed by atoms with Crippen molar-refractivity contribution in [3.63, 3.8) is 0 Å². The van der Waals surface area contributed by atoms with E-state index in [4.69, 9.17) is 4.42 Å². The van der Waals surface area contributed by atoms with E-state index in [2.05, 4.69) is 10.3 Å². The Morgan fingerprint density at radius 3 is 2.79 bits per heavy atom. The van der Waals surface area contributed by atoms with Gasteiger partial charge in [-0.1, -0.05) is 25.0 Å². The highest BCUT2D eigenvalue weighted by molar-refractivity contribution is 6.01. The third-order valence-corrected chi connectivity index (χ3v) is 6.23. The molecule has 0 bridgehead atoms. The number of benzene rings is 1. The summed E-state index contributed by atoms with van der Waals surface area (Å²) in [5, 5.41) is 3.19. The third kappa shape index (κ3) is 2.92. The Balaban J connectivity index is 1.57. The largest absolute Gasteiger partial charge is 0.467 e.